The molecule has 182 valence electrons. The summed E-state index contributed by atoms with van der Waals surface area (Å²) < 4.78 is 12.7. The second-order valence-corrected chi connectivity index (χ2v) is 10.4. The van der Waals surface area contributed by atoms with Crippen LogP contribution in [0.5, 0.6) is 5.75 Å². The fourth-order valence-corrected chi connectivity index (χ4v) is 6.03. The zero-order chi connectivity index (χ0) is 25.2. The predicted molar refractivity (Wildman–Crippen MR) is 150 cm³/mol. The van der Waals surface area contributed by atoms with Gasteiger partial charge in [-0.1, -0.05) is 67.6 Å². The van der Waals surface area contributed by atoms with E-state index in [1.54, 1.807) is 0 Å². The van der Waals surface area contributed by atoms with E-state index in [4.69, 9.17) is 9.47 Å². The van der Waals surface area contributed by atoms with E-state index in [0.29, 0.717) is 6.42 Å². The molecule has 0 saturated carbocycles. The van der Waals surface area contributed by atoms with Crippen LogP contribution in [0.4, 0.5) is 0 Å². The lowest BCUT2D eigenvalue weighted by Crippen LogP contribution is -2.31. The first-order chi connectivity index (χ1) is 17.5. The van der Waals surface area contributed by atoms with Crippen molar-refractivity contribution in [3.05, 3.63) is 100 Å². The Morgan fingerprint density at radius 1 is 0.944 bits per heavy atom. The van der Waals surface area contributed by atoms with Crippen LogP contribution >= 0.6 is 11.3 Å². The molecule has 0 N–H and O–H groups in total. The number of rotatable bonds is 7. The first kappa shape index (κ1) is 24.1. The monoisotopic (exact) mass is 494 g/mol. The third-order valence-corrected chi connectivity index (χ3v) is 8.06. The van der Waals surface area contributed by atoms with Gasteiger partial charge in [0.25, 0.3) is 0 Å². The lowest BCUT2D eigenvalue weighted by Gasteiger charge is -2.20. The van der Waals surface area contributed by atoms with Crippen molar-refractivity contribution in [2.45, 2.75) is 39.7 Å². The minimum absolute atomic E-state index is 0.370. The Hall–Kier alpha value is -3.63. The Morgan fingerprint density at radius 2 is 1.69 bits per heavy atom. The van der Waals surface area contributed by atoms with E-state index in [9.17, 15) is 4.79 Å². The summed E-state index contributed by atoms with van der Waals surface area (Å²) in [5.41, 5.74) is 5.87. The molecule has 1 heterocycles. The lowest BCUT2D eigenvalue weighted by molar-refractivity contribution is -0.148. The largest absolute Gasteiger partial charge is 0.478 e. The summed E-state index contributed by atoms with van der Waals surface area (Å²) in [5.74, 6) is 0.354. The quantitative estimate of drug-likeness (QED) is 0.215. The molecule has 1 atom stereocenters. The topological polar surface area (TPSA) is 35.5 Å². The van der Waals surface area contributed by atoms with Gasteiger partial charge in [-0.05, 0) is 77.1 Å². The van der Waals surface area contributed by atoms with Crippen LogP contribution in [0.2, 0.25) is 0 Å². The van der Waals surface area contributed by atoms with E-state index in [0.717, 1.165) is 23.3 Å². The molecule has 1 aromatic heterocycles. The molecular formula is C32H30O3S. The number of carbonyl (C=O) groups excluding carboxylic acids is 1. The molecule has 3 nitrogen and oxygen atoms in total. The van der Waals surface area contributed by atoms with Gasteiger partial charge in [0, 0.05) is 21.4 Å². The molecule has 5 aromatic rings. The molecule has 0 bridgehead atoms. The van der Waals surface area contributed by atoms with Crippen LogP contribution in [0.25, 0.3) is 32.0 Å². The van der Waals surface area contributed by atoms with Crippen LogP contribution in [-0.4, -0.2) is 19.2 Å². The molecule has 0 spiro atoms. The minimum Gasteiger partial charge on any atom is -0.478 e. The van der Waals surface area contributed by atoms with Crippen molar-refractivity contribution < 1.29 is 14.3 Å². The SMILES string of the molecule is CCc1cc(-c2c3ccccc3cc3sc(C)c(C)c23)ccc1O[C@H](Cc1ccccc1)C(=O)OC. The number of esters is 1. The summed E-state index contributed by atoms with van der Waals surface area (Å²) in [4.78, 5) is 13.9. The predicted octanol–water partition coefficient (Wildman–Crippen LogP) is 8.06. The van der Waals surface area contributed by atoms with Gasteiger partial charge in [-0.2, -0.15) is 0 Å². The van der Waals surface area contributed by atoms with Crippen molar-refractivity contribution in [1.82, 2.24) is 0 Å². The Morgan fingerprint density at radius 3 is 2.44 bits per heavy atom. The van der Waals surface area contributed by atoms with Crippen molar-refractivity contribution in [3.63, 3.8) is 0 Å². The standard InChI is InChI=1S/C32H30O3S/c1-5-23-18-25(15-16-27(23)35-28(32(33)34-4)17-22-11-7-6-8-12-22)31-26-14-10-9-13-24(26)19-29-30(31)20(2)21(3)36-29/h6-16,18-19,28H,5,17H2,1-4H3/t28-/m1/s1. The number of ether oxygens (including phenoxy) is 2. The number of carbonyl (C=O) groups is 1. The highest BCUT2D eigenvalue weighted by Crippen LogP contribution is 2.43. The molecular weight excluding hydrogens is 464 g/mol. The van der Waals surface area contributed by atoms with Crippen LogP contribution in [-0.2, 0) is 22.4 Å². The molecule has 0 radical (unpaired) electrons. The van der Waals surface area contributed by atoms with Gasteiger partial charge >= 0.3 is 5.97 Å². The molecule has 0 aliphatic carbocycles. The summed E-state index contributed by atoms with van der Waals surface area (Å²) in [5, 5.41) is 3.81. The molecule has 36 heavy (non-hydrogen) atoms. The first-order valence-electron chi connectivity index (χ1n) is 12.3. The first-order valence-corrected chi connectivity index (χ1v) is 13.1. The normalized spacial score (nSPS) is 12.1. The molecule has 4 heteroatoms. The highest BCUT2D eigenvalue weighted by molar-refractivity contribution is 7.19. The zero-order valence-corrected chi connectivity index (χ0v) is 21.9. The molecule has 0 unspecified atom stereocenters. The van der Waals surface area contributed by atoms with Gasteiger partial charge in [0.2, 0.25) is 0 Å². The van der Waals surface area contributed by atoms with Crippen molar-refractivity contribution in [3.8, 4) is 16.9 Å². The van der Waals surface area contributed by atoms with Gasteiger partial charge < -0.3 is 9.47 Å². The van der Waals surface area contributed by atoms with E-state index in [1.807, 2.05) is 47.7 Å². The number of benzene rings is 4. The molecule has 0 aliphatic heterocycles. The number of hydrogen-bond acceptors (Lipinski definition) is 4. The van der Waals surface area contributed by atoms with Gasteiger partial charge in [0.15, 0.2) is 6.10 Å². The number of hydrogen-bond donors (Lipinski definition) is 0. The van der Waals surface area contributed by atoms with Crippen LogP contribution in [0.1, 0.15) is 28.5 Å². The maximum Gasteiger partial charge on any atom is 0.347 e. The van der Waals surface area contributed by atoms with Gasteiger partial charge in [-0.15, -0.1) is 11.3 Å². The zero-order valence-electron chi connectivity index (χ0n) is 21.1. The number of methoxy groups -OCH3 is 1. The lowest BCUT2D eigenvalue weighted by atomic mass is 9.91. The second kappa shape index (κ2) is 10.2. The summed E-state index contributed by atoms with van der Waals surface area (Å²) in [6.07, 6.45) is 0.535. The van der Waals surface area contributed by atoms with E-state index >= 15 is 0 Å². The molecule has 0 saturated heterocycles. The Bertz CT molecular complexity index is 1550. The van der Waals surface area contributed by atoms with Crippen molar-refractivity contribution in [1.29, 1.82) is 0 Å². The highest BCUT2D eigenvalue weighted by atomic mass is 32.1. The summed E-state index contributed by atoms with van der Waals surface area (Å²) in [6.45, 7) is 6.53. The van der Waals surface area contributed by atoms with E-state index < -0.39 is 6.10 Å². The van der Waals surface area contributed by atoms with E-state index in [1.165, 1.54) is 49.5 Å². The maximum absolute atomic E-state index is 12.6. The second-order valence-electron chi connectivity index (χ2n) is 9.12. The van der Waals surface area contributed by atoms with Gasteiger partial charge in [0.05, 0.1) is 7.11 Å². The van der Waals surface area contributed by atoms with Crippen molar-refractivity contribution in [2.24, 2.45) is 0 Å². The summed E-state index contributed by atoms with van der Waals surface area (Å²) in [6, 6.07) is 27.2. The van der Waals surface area contributed by atoms with E-state index in [2.05, 4.69) is 63.2 Å². The Balaban J connectivity index is 1.60. The Kier molecular flexibility index (Phi) is 6.80. The Labute approximate surface area is 216 Å². The van der Waals surface area contributed by atoms with Crippen molar-refractivity contribution >= 4 is 38.2 Å². The smallest absolute Gasteiger partial charge is 0.347 e. The van der Waals surface area contributed by atoms with Gasteiger partial charge in [-0.25, -0.2) is 4.79 Å². The average molecular weight is 495 g/mol. The van der Waals surface area contributed by atoms with Crippen LogP contribution in [0, 0.1) is 13.8 Å². The third kappa shape index (κ3) is 4.49. The maximum atomic E-state index is 12.6. The molecule has 0 amide bonds. The van der Waals surface area contributed by atoms with Crippen LogP contribution in [0.15, 0.2) is 78.9 Å². The van der Waals surface area contributed by atoms with Gasteiger partial charge in [-0.3, -0.25) is 0 Å². The molecule has 0 aliphatic rings. The fraction of sp³-hybridized carbons (Fsp3) is 0.219. The fourth-order valence-electron chi connectivity index (χ4n) is 4.90. The molecule has 0 fully saturated rings. The number of thiophene rings is 1. The number of aryl methyl sites for hydroxylation is 3. The highest BCUT2D eigenvalue weighted by Gasteiger charge is 2.23. The average Bonchev–Trinajstić information content (AvgIpc) is 3.19. The molecule has 4 aromatic carbocycles. The third-order valence-electron chi connectivity index (χ3n) is 6.91. The van der Waals surface area contributed by atoms with E-state index in [-0.39, 0.29) is 5.97 Å². The van der Waals surface area contributed by atoms with Crippen molar-refractivity contribution in [2.75, 3.05) is 7.11 Å². The van der Waals surface area contributed by atoms with Crippen LogP contribution < -0.4 is 4.74 Å². The van der Waals surface area contributed by atoms with Crippen LogP contribution in [0.3, 0.4) is 0 Å². The number of fused-ring (bicyclic) bond motifs is 2. The summed E-state index contributed by atoms with van der Waals surface area (Å²) in [7, 11) is 1.41. The summed E-state index contributed by atoms with van der Waals surface area (Å²) >= 11 is 1.85. The minimum atomic E-state index is -0.709. The van der Waals surface area contributed by atoms with Gasteiger partial charge in [0.1, 0.15) is 5.75 Å². The molecule has 5 rings (SSSR count).